The molecule has 0 aromatic carbocycles. The highest BCUT2D eigenvalue weighted by Gasteiger charge is 2.52. The molecule has 0 bridgehead atoms. The van der Waals surface area contributed by atoms with E-state index in [4.69, 9.17) is 22.6 Å². The Balaban J connectivity index is 0.000000141. The SMILES string of the molecule is C.CC1CC2(C1)CC(N)C2.OC1CC2(C1)CC(NCl)C2. The molecule has 0 aliphatic heterocycles. The molecule has 4 fully saturated rings. The summed E-state index contributed by atoms with van der Waals surface area (Å²) in [6, 6.07) is 1.06. The van der Waals surface area contributed by atoms with Crippen LogP contribution in [0.3, 0.4) is 0 Å². The summed E-state index contributed by atoms with van der Waals surface area (Å²) in [5.74, 6) is 0.998. The van der Waals surface area contributed by atoms with E-state index in [0.717, 1.165) is 37.0 Å². The quantitative estimate of drug-likeness (QED) is 0.652. The van der Waals surface area contributed by atoms with Gasteiger partial charge in [-0.25, -0.2) is 4.84 Å². The first-order valence-electron chi connectivity index (χ1n) is 7.74. The van der Waals surface area contributed by atoms with E-state index in [-0.39, 0.29) is 13.5 Å². The minimum Gasteiger partial charge on any atom is -0.393 e. The fourth-order valence-electron chi connectivity index (χ4n) is 5.14. The summed E-state index contributed by atoms with van der Waals surface area (Å²) in [5, 5.41) is 9.05. The first-order valence-corrected chi connectivity index (χ1v) is 8.12. The average molecular weight is 303 g/mol. The van der Waals surface area contributed by atoms with Gasteiger partial charge in [-0.2, -0.15) is 0 Å². The van der Waals surface area contributed by atoms with Crippen LogP contribution in [-0.4, -0.2) is 23.3 Å². The van der Waals surface area contributed by atoms with Crippen LogP contribution in [0.1, 0.15) is 65.7 Å². The van der Waals surface area contributed by atoms with Crippen molar-refractivity contribution in [3.63, 3.8) is 0 Å². The lowest BCUT2D eigenvalue weighted by Crippen LogP contribution is -2.55. The topological polar surface area (TPSA) is 58.3 Å². The van der Waals surface area contributed by atoms with Crippen LogP contribution >= 0.6 is 11.8 Å². The second kappa shape index (κ2) is 5.75. The summed E-state index contributed by atoms with van der Waals surface area (Å²) in [6.45, 7) is 2.34. The minimum atomic E-state index is -0.0173. The Hall–Kier alpha value is 0.170. The molecular weight excluding hydrogens is 272 g/mol. The second-order valence-corrected chi connectivity index (χ2v) is 8.18. The highest BCUT2D eigenvalue weighted by molar-refractivity contribution is 6.13. The van der Waals surface area contributed by atoms with Crippen LogP contribution in [0, 0.1) is 16.7 Å². The van der Waals surface area contributed by atoms with Gasteiger partial charge in [-0.3, -0.25) is 0 Å². The van der Waals surface area contributed by atoms with E-state index < -0.39 is 0 Å². The van der Waals surface area contributed by atoms with E-state index in [9.17, 15) is 0 Å². The molecule has 0 aromatic rings. The van der Waals surface area contributed by atoms with Crippen LogP contribution in [-0.2, 0) is 0 Å². The normalized spacial score (nSPS) is 51.6. The predicted octanol–water partition coefficient (Wildman–Crippen LogP) is 3.19. The average Bonchev–Trinajstić information content (AvgIpc) is 2.18. The molecule has 118 valence electrons. The molecule has 0 aromatic heterocycles. The molecule has 4 heteroatoms. The number of hydrogen-bond acceptors (Lipinski definition) is 3. The third-order valence-electron chi connectivity index (χ3n) is 5.80. The van der Waals surface area contributed by atoms with Gasteiger partial charge < -0.3 is 10.8 Å². The maximum absolute atomic E-state index is 9.05. The fraction of sp³-hybridized carbons (Fsp3) is 1.00. The highest BCUT2D eigenvalue weighted by Crippen LogP contribution is 2.58. The highest BCUT2D eigenvalue weighted by atomic mass is 35.5. The molecule has 0 unspecified atom stereocenters. The number of halogens is 1. The summed E-state index contributed by atoms with van der Waals surface area (Å²) in [6.07, 6.45) is 9.86. The number of nitrogens with one attached hydrogen (secondary N) is 1. The van der Waals surface area contributed by atoms with E-state index >= 15 is 0 Å². The molecule has 4 N–H and O–H groups in total. The van der Waals surface area contributed by atoms with Gasteiger partial charge >= 0.3 is 0 Å². The van der Waals surface area contributed by atoms with Crippen LogP contribution in [0.5, 0.6) is 0 Å². The second-order valence-electron chi connectivity index (χ2n) is 7.96. The molecule has 0 radical (unpaired) electrons. The first-order chi connectivity index (χ1) is 8.94. The maximum Gasteiger partial charge on any atom is 0.0550 e. The summed E-state index contributed by atoms with van der Waals surface area (Å²) in [7, 11) is 0. The maximum atomic E-state index is 9.05. The summed E-state index contributed by atoms with van der Waals surface area (Å²) in [4.78, 5) is 2.73. The number of aliphatic hydroxyl groups excluding tert-OH is 1. The number of aliphatic hydroxyl groups is 1. The zero-order valence-electron chi connectivity index (χ0n) is 11.9. The van der Waals surface area contributed by atoms with Crippen LogP contribution in [0.15, 0.2) is 0 Å². The molecule has 4 aliphatic rings. The lowest BCUT2D eigenvalue weighted by molar-refractivity contribution is -0.0931. The van der Waals surface area contributed by atoms with E-state index in [2.05, 4.69) is 11.8 Å². The van der Waals surface area contributed by atoms with E-state index in [1.165, 1.54) is 25.7 Å². The molecule has 4 rings (SSSR count). The van der Waals surface area contributed by atoms with Crippen LogP contribution in [0.2, 0.25) is 0 Å². The zero-order valence-corrected chi connectivity index (χ0v) is 12.6. The van der Waals surface area contributed by atoms with Crippen molar-refractivity contribution in [3.8, 4) is 0 Å². The van der Waals surface area contributed by atoms with Gasteiger partial charge in [-0.1, -0.05) is 14.4 Å². The Morgan fingerprint density at radius 3 is 1.85 bits per heavy atom. The van der Waals surface area contributed by atoms with Crippen molar-refractivity contribution in [2.45, 2.75) is 83.9 Å². The molecule has 0 heterocycles. The molecular formula is C16H31ClN2O. The largest absolute Gasteiger partial charge is 0.393 e. The lowest BCUT2D eigenvalue weighted by Gasteiger charge is -2.56. The molecule has 2 spiro atoms. The van der Waals surface area contributed by atoms with Gasteiger partial charge in [-0.15, -0.1) is 0 Å². The Bertz CT molecular complexity index is 304. The summed E-state index contributed by atoms with van der Waals surface area (Å²) < 4.78 is 0. The van der Waals surface area contributed by atoms with Crippen molar-refractivity contribution >= 4 is 11.8 Å². The van der Waals surface area contributed by atoms with Gasteiger partial charge in [-0.05, 0) is 79.9 Å². The molecule has 0 amide bonds. The smallest absolute Gasteiger partial charge is 0.0550 e. The molecule has 20 heavy (non-hydrogen) atoms. The van der Waals surface area contributed by atoms with E-state index in [1.807, 2.05) is 0 Å². The molecule has 4 saturated carbocycles. The minimum absolute atomic E-state index is 0. The third-order valence-corrected chi connectivity index (χ3v) is 6.11. The fourth-order valence-corrected chi connectivity index (χ4v) is 5.29. The summed E-state index contributed by atoms with van der Waals surface area (Å²) in [5.41, 5.74) is 6.96. The van der Waals surface area contributed by atoms with Crippen LogP contribution in [0.4, 0.5) is 0 Å². The van der Waals surface area contributed by atoms with Crippen LogP contribution in [0.25, 0.3) is 0 Å². The molecule has 3 nitrogen and oxygen atoms in total. The monoisotopic (exact) mass is 302 g/mol. The van der Waals surface area contributed by atoms with Crippen molar-refractivity contribution in [3.05, 3.63) is 0 Å². The van der Waals surface area contributed by atoms with Crippen molar-refractivity contribution in [2.75, 3.05) is 0 Å². The molecule has 0 atom stereocenters. The van der Waals surface area contributed by atoms with Crippen molar-refractivity contribution in [2.24, 2.45) is 22.5 Å². The lowest BCUT2D eigenvalue weighted by atomic mass is 9.51. The Labute approximate surface area is 128 Å². The molecule has 0 saturated heterocycles. The van der Waals surface area contributed by atoms with Gasteiger partial charge in [0.15, 0.2) is 0 Å². The van der Waals surface area contributed by atoms with Crippen molar-refractivity contribution in [1.82, 2.24) is 4.84 Å². The molecule has 4 aliphatic carbocycles. The van der Waals surface area contributed by atoms with Crippen molar-refractivity contribution < 1.29 is 5.11 Å². The Morgan fingerprint density at radius 2 is 1.50 bits per heavy atom. The van der Waals surface area contributed by atoms with Gasteiger partial charge in [0.1, 0.15) is 0 Å². The number of hydrogen-bond donors (Lipinski definition) is 3. The Kier molecular flexibility index (Phi) is 4.76. The predicted molar refractivity (Wildman–Crippen MR) is 84.5 cm³/mol. The Morgan fingerprint density at radius 1 is 1.00 bits per heavy atom. The number of nitrogens with two attached hydrogens (primary N) is 1. The summed E-state index contributed by atoms with van der Waals surface area (Å²) >= 11 is 5.44. The third kappa shape index (κ3) is 3.01. The van der Waals surface area contributed by atoms with Gasteiger partial charge in [0, 0.05) is 12.1 Å². The van der Waals surface area contributed by atoms with Gasteiger partial charge in [0.05, 0.1) is 6.10 Å². The van der Waals surface area contributed by atoms with Gasteiger partial charge in [0.25, 0.3) is 0 Å². The van der Waals surface area contributed by atoms with E-state index in [1.54, 1.807) is 0 Å². The standard InChI is InChI=1S/C8H15N.C7H12ClNO.CH4/c1-6-2-8(3-6)4-7(9)5-8;8-9-5-1-7(2-5)3-6(10)4-7;/h6-7H,2-5,9H2,1H3;5-6,9-10H,1-4H2;1H4. The number of rotatable bonds is 1. The van der Waals surface area contributed by atoms with Crippen LogP contribution < -0.4 is 10.6 Å². The van der Waals surface area contributed by atoms with E-state index in [0.29, 0.717) is 17.5 Å². The first kappa shape index (κ1) is 16.5. The van der Waals surface area contributed by atoms with Crippen molar-refractivity contribution in [1.29, 1.82) is 0 Å². The zero-order chi connectivity index (χ0) is 13.7. The van der Waals surface area contributed by atoms with Gasteiger partial charge in [0.2, 0.25) is 0 Å².